The van der Waals surface area contributed by atoms with E-state index in [0.717, 1.165) is 0 Å². The number of hydrogen-bond donors (Lipinski definition) is 1. The maximum Gasteiger partial charge on any atom is 0.341 e. The van der Waals surface area contributed by atoms with E-state index in [0.29, 0.717) is 29.3 Å². The molecule has 1 aromatic carbocycles. The summed E-state index contributed by atoms with van der Waals surface area (Å²) in [6.45, 7) is 2.00. The van der Waals surface area contributed by atoms with Gasteiger partial charge in [-0.15, -0.1) is 0 Å². The zero-order valence-electron chi connectivity index (χ0n) is 11.0. The number of methoxy groups -OCH3 is 1. The first-order valence-corrected chi connectivity index (χ1v) is 6.25. The summed E-state index contributed by atoms with van der Waals surface area (Å²) >= 11 is 5.60. The van der Waals surface area contributed by atoms with Gasteiger partial charge < -0.3 is 14.5 Å². The normalized spacial score (nSPS) is 10.4. The molecule has 0 aliphatic carbocycles. The highest BCUT2D eigenvalue weighted by Gasteiger charge is 2.15. The first-order valence-electron chi connectivity index (χ1n) is 5.88. The van der Waals surface area contributed by atoms with E-state index in [1.807, 2.05) is 0 Å². The molecule has 0 saturated carbocycles. The Labute approximate surface area is 120 Å². The van der Waals surface area contributed by atoms with Crippen molar-refractivity contribution in [1.29, 1.82) is 0 Å². The van der Waals surface area contributed by atoms with Gasteiger partial charge in [-0.3, -0.25) is 0 Å². The molecule has 0 aliphatic rings. The summed E-state index contributed by atoms with van der Waals surface area (Å²) in [5.74, 6) is 0.0896. The molecule has 106 valence electrons. The third-order valence-electron chi connectivity index (χ3n) is 2.76. The number of hydrogen-bond acceptors (Lipinski definition) is 4. The van der Waals surface area contributed by atoms with Gasteiger partial charge in [0.1, 0.15) is 22.9 Å². The minimum Gasteiger partial charge on any atom is -0.465 e. The van der Waals surface area contributed by atoms with Gasteiger partial charge in [0, 0.05) is 5.69 Å². The van der Waals surface area contributed by atoms with Crippen molar-refractivity contribution in [2.45, 2.75) is 13.5 Å². The molecule has 0 radical (unpaired) electrons. The van der Waals surface area contributed by atoms with Gasteiger partial charge >= 0.3 is 5.97 Å². The SMILES string of the molecule is COC(=O)c1cc(CNc2ccc(Cl)c(F)c2)oc1C. The number of esters is 1. The molecule has 1 heterocycles. The second kappa shape index (κ2) is 5.96. The summed E-state index contributed by atoms with van der Waals surface area (Å²) in [5, 5.41) is 3.05. The Morgan fingerprint density at radius 3 is 2.85 bits per heavy atom. The Balaban J connectivity index is 2.07. The number of carbonyl (C=O) groups excluding carboxylic acids is 1. The smallest absolute Gasteiger partial charge is 0.341 e. The molecule has 2 rings (SSSR count). The van der Waals surface area contributed by atoms with Crippen LogP contribution in [0, 0.1) is 12.7 Å². The summed E-state index contributed by atoms with van der Waals surface area (Å²) in [6, 6.07) is 6.01. The lowest BCUT2D eigenvalue weighted by atomic mass is 10.2. The average Bonchev–Trinajstić information content (AvgIpc) is 2.80. The van der Waals surface area contributed by atoms with Crippen molar-refractivity contribution in [3.8, 4) is 0 Å². The number of carbonyl (C=O) groups is 1. The predicted molar refractivity (Wildman–Crippen MR) is 73.5 cm³/mol. The van der Waals surface area contributed by atoms with E-state index in [-0.39, 0.29) is 5.02 Å². The highest BCUT2D eigenvalue weighted by Crippen LogP contribution is 2.20. The Bertz CT molecular complexity index is 639. The summed E-state index contributed by atoms with van der Waals surface area (Å²) < 4.78 is 23.3. The monoisotopic (exact) mass is 297 g/mol. The fraction of sp³-hybridized carbons (Fsp3) is 0.214. The first kappa shape index (κ1) is 14.4. The molecule has 2 aromatic rings. The van der Waals surface area contributed by atoms with E-state index in [2.05, 4.69) is 10.1 Å². The van der Waals surface area contributed by atoms with Crippen LogP contribution in [-0.4, -0.2) is 13.1 Å². The van der Waals surface area contributed by atoms with Crippen LogP contribution in [0.3, 0.4) is 0 Å². The Kier molecular flexibility index (Phi) is 4.29. The van der Waals surface area contributed by atoms with Crippen LogP contribution in [0.1, 0.15) is 21.9 Å². The summed E-state index contributed by atoms with van der Waals surface area (Å²) in [6.07, 6.45) is 0. The molecule has 1 N–H and O–H groups in total. The molecule has 0 atom stereocenters. The van der Waals surface area contributed by atoms with Crippen molar-refractivity contribution in [2.75, 3.05) is 12.4 Å². The zero-order chi connectivity index (χ0) is 14.7. The number of ether oxygens (including phenoxy) is 1. The Morgan fingerprint density at radius 2 is 2.20 bits per heavy atom. The molecule has 0 fully saturated rings. The number of aryl methyl sites for hydroxylation is 1. The minimum atomic E-state index is -0.498. The Morgan fingerprint density at radius 1 is 1.45 bits per heavy atom. The number of rotatable bonds is 4. The van der Waals surface area contributed by atoms with Gasteiger partial charge in [-0.25, -0.2) is 9.18 Å². The van der Waals surface area contributed by atoms with E-state index in [1.165, 1.54) is 19.2 Å². The van der Waals surface area contributed by atoms with Crippen molar-refractivity contribution >= 4 is 23.3 Å². The van der Waals surface area contributed by atoms with Crippen molar-refractivity contribution in [3.63, 3.8) is 0 Å². The second-order valence-electron chi connectivity index (χ2n) is 4.16. The third-order valence-corrected chi connectivity index (χ3v) is 3.07. The first-order chi connectivity index (χ1) is 9.51. The van der Waals surface area contributed by atoms with Crippen LogP contribution < -0.4 is 5.32 Å². The number of nitrogens with one attached hydrogen (secondary N) is 1. The fourth-order valence-corrected chi connectivity index (χ4v) is 1.86. The lowest BCUT2D eigenvalue weighted by Crippen LogP contribution is -2.01. The molecule has 0 bridgehead atoms. The van der Waals surface area contributed by atoms with Crippen LogP contribution in [0.5, 0.6) is 0 Å². The number of furan rings is 1. The summed E-state index contributed by atoms with van der Waals surface area (Å²) in [5.41, 5.74) is 0.951. The van der Waals surface area contributed by atoms with Crippen LogP contribution in [0.4, 0.5) is 10.1 Å². The molecule has 0 spiro atoms. The largest absolute Gasteiger partial charge is 0.465 e. The van der Waals surface area contributed by atoms with Gasteiger partial charge in [0.15, 0.2) is 0 Å². The van der Waals surface area contributed by atoms with Crippen LogP contribution in [-0.2, 0) is 11.3 Å². The molecule has 0 unspecified atom stereocenters. The van der Waals surface area contributed by atoms with E-state index < -0.39 is 11.8 Å². The van der Waals surface area contributed by atoms with E-state index in [1.54, 1.807) is 19.1 Å². The van der Waals surface area contributed by atoms with Crippen molar-refractivity contribution < 1.29 is 18.3 Å². The van der Waals surface area contributed by atoms with Gasteiger partial charge in [0.25, 0.3) is 0 Å². The molecule has 0 aliphatic heterocycles. The average molecular weight is 298 g/mol. The maximum atomic E-state index is 13.3. The number of benzene rings is 1. The minimum absolute atomic E-state index is 0.0670. The quantitative estimate of drug-likeness (QED) is 0.873. The lowest BCUT2D eigenvalue weighted by molar-refractivity contribution is 0.0599. The molecule has 0 saturated heterocycles. The zero-order valence-corrected chi connectivity index (χ0v) is 11.8. The van der Waals surface area contributed by atoms with Crippen LogP contribution in [0.2, 0.25) is 5.02 Å². The van der Waals surface area contributed by atoms with Gasteiger partial charge in [-0.05, 0) is 31.2 Å². The summed E-state index contributed by atoms with van der Waals surface area (Å²) in [4.78, 5) is 11.4. The molecule has 1 aromatic heterocycles. The lowest BCUT2D eigenvalue weighted by Gasteiger charge is -2.04. The standard InChI is InChI=1S/C14H13ClFNO3/c1-8-11(14(18)19-2)6-10(20-8)7-17-9-3-4-12(15)13(16)5-9/h3-6,17H,7H2,1-2H3. The van der Waals surface area contributed by atoms with E-state index >= 15 is 0 Å². The molecule has 20 heavy (non-hydrogen) atoms. The maximum absolute atomic E-state index is 13.3. The third kappa shape index (κ3) is 3.11. The highest BCUT2D eigenvalue weighted by molar-refractivity contribution is 6.30. The van der Waals surface area contributed by atoms with Gasteiger partial charge in [-0.2, -0.15) is 0 Å². The van der Waals surface area contributed by atoms with Crippen molar-refractivity contribution in [3.05, 3.63) is 52.2 Å². The molecule has 6 heteroatoms. The fourth-order valence-electron chi connectivity index (χ4n) is 1.74. The van der Waals surface area contributed by atoms with Gasteiger partial charge in [0.05, 0.1) is 18.7 Å². The predicted octanol–water partition coefficient (Wildman–Crippen LogP) is 3.78. The molecular weight excluding hydrogens is 285 g/mol. The van der Waals surface area contributed by atoms with Crippen molar-refractivity contribution in [2.24, 2.45) is 0 Å². The topological polar surface area (TPSA) is 51.5 Å². The van der Waals surface area contributed by atoms with E-state index in [4.69, 9.17) is 16.0 Å². The number of halogens is 2. The van der Waals surface area contributed by atoms with Gasteiger partial charge in [0.2, 0.25) is 0 Å². The van der Waals surface area contributed by atoms with Crippen LogP contribution in [0.25, 0.3) is 0 Å². The molecular formula is C14H13ClFNO3. The highest BCUT2D eigenvalue weighted by atomic mass is 35.5. The number of anilines is 1. The Hall–Kier alpha value is -2.01. The van der Waals surface area contributed by atoms with Gasteiger partial charge in [-0.1, -0.05) is 11.6 Å². The second-order valence-corrected chi connectivity index (χ2v) is 4.56. The summed E-state index contributed by atoms with van der Waals surface area (Å²) in [7, 11) is 1.31. The molecule has 4 nitrogen and oxygen atoms in total. The van der Waals surface area contributed by atoms with Crippen LogP contribution >= 0.6 is 11.6 Å². The van der Waals surface area contributed by atoms with Crippen LogP contribution in [0.15, 0.2) is 28.7 Å². The van der Waals surface area contributed by atoms with E-state index in [9.17, 15) is 9.18 Å². The molecule has 0 amide bonds. The van der Waals surface area contributed by atoms with Crippen molar-refractivity contribution in [1.82, 2.24) is 0 Å².